The molecule has 22 heavy (non-hydrogen) atoms. The molecular formula is C10H18N4O6S2. The first-order chi connectivity index (χ1) is 10.3. The first kappa shape index (κ1) is 20.2. The quantitative estimate of drug-likeness (QED) is 0.296. The first-order valence-corrected chi connectivity index (χ1v) is 8.32. The molecule has 0 aliphatic carbocycles. The largest absolute Gasteiger partial charge is 0.453 e. The van der Waals surface area contributed by atoms with E-state index in [2.05, 4.69) is 20.1 Å². The highest BCUT2D eigenvalue weighted by Gasteiger charge is 2.21. The molecule has 0 fully saturated rings. The van der Waals surface area contributed by atoms with Crippen molar-refractivity contribution in [3.63, 3.8) is 0 Å². The molecule has 0 aromatic rings. The summed E-state index contributed by atoms with van der Waals surface area (Å²) < 4.78 is 8.73. The van der Waals surface area contributed by atoms with Crippen LogP contribution < -0.4 is 22.1 Å². The van der Waals surface area contributed by atoms with Crippen LogP contribution in [0.15, 0.2) is 0 Å². The van der Waals surface area contributed by atoms with Gasteiger partial charge in [-0.05, 0) is 0 Å². The minimum atomic E-state index is -0.925. The molecule has 0 radical (unpaired) electrons. The number of carbonyl (C=O) groups is 4. The van der Waals surface area contributed by atoms with Crippen LogP contribution in [0.5, 0.6) is 0 Å². The molecular weight excluding hydrogens is 336 g/mol. The number of carbonyl (C=O) groups excluding carboxylic acids is 4. The zero-order chi connectivity index (χ0) is 17.1. The van der Waals surface area contributed by atoms with Gasteiger partial charge in [-0.25, -0.2) is 9.59 Å². The van der Waals surface area contributed by atoms with Crippen molar-refractivity contribution in [2.75, 3.05) is 25.7 Å². The third-order valence-electron chi connectivity index (χ3n) is 2.19. The molecule has 6 N–H and O–H groups in total. The van der Waals surface area contributed by atoms with E-state index in [0.717, 1.165) is 14.2 Å². The Morgan fingerprint density at radius 2 is 1.18 bits per heavy atom. The number of nitrogens with one attached hydrogen (secondary N) is 2. The summed E-state index contributed by atoms with van der Waals surface area (Å²) in [5, 5.41) is 4.53. The molecule has 12 heteroatoms. The Hall–Kier alpha value is -1.82. The number of ether oxygens (including phenoxy) is 2. The molecule has 0 heterocycles. The van der Waals surface area contributed by atoms with Gasteiger partial charge in [0, 0.05) is 11.5 Å². The van der Waals surface area contributed by atoms with Crippen molar-refractivity contribution in [3.05, 3.63) is 0 Å². The van der Waals surface area contributed by atoms with E-state index in [1.165, 1.54) is 21.6 Å². The SMILES string of the molecule is COC(=O)NC(CSSCC(NC(=O)OC)C(N)=O)C(N)=O. The van der Waals surface area contributed by atoms with E-state index in [-0.39, 0.29) is 11.5 Å². The zero-order valence-electron chi connectivity index (χ0n) is 12.0. The summed E-state index contributed by atoms with van der Waals surface area (Å²) in [6.45, 7) is 0. The standard InChI is InChI=1S/C10H18N4O6S2/c1-19-9(17)13-5(7(11)15)3-21-22-4-6(8(12)16)14-10(18)20-2/h5-6H,3-4H2,1-2H3,(H2,11,15)(H2,12,16)(H,13,17)(H,14,18). The van der Waals surface area contributed by atoms with Crippen molar-refractivity contribution in [2.24, 2.45) is 11.5 Å². The van der Waals surface area contributed by atoms with Crippen LogP contribution in [0.4, 0.5) is 9.59 Å². The van der Waals surface area contributed by atoms with Gasteiger partial charge in [-0.1, -0.05) is 21.6 Å². The summed E-state index contributed by atoms with van der Waals surface area (Å²) in [6, 6.07) is -1.85. The molecule has 2 unspecified atom stereocenters. The zero-order valence-corrected chi connectivity index (χ0v) is 13.6. The average Bonchev–Trinajstić information content (AvgIpc) is 2.47. The van der Waals surface area contributed by atoms with E-state index in [1.807, 2.05) is 0 Å². The fourth-order valence-corrected chi connectivity index (χ4v) is 3.38. The number of primary amides is 2. The van der Waals surface area contributed by atoms with Crippen LogP contribution in [0.1, 0.15) is 0 Å². The molecule has 0 bridgehead atoms. The summed E-state index contributed by atoms with van der Waals surface area (Å²) in [5.74, 6) is -1.15. The highest BCUT2D eigenvalue weighted by molar-refractivity contribution is 8.76. The van der Waals surface area contributed by atoms with Crippen molar-refractivity contribution in [2.45, 2.75) is 12.1 Å². The number of hydrogen-bond acceptors (Lipinski definition) is 8. The van der Waals surface area contributed by atoms with Gasteiger partial charge in [0.05, 0.1) is 14.2 Å². The van der Waals surface area contributed by atoms with E-state index >= 15 is 0 Å². The van der Waals surface area contributed by atoms with Gasteiger partial charge in [-0.3, -0.25) is 9.59 Å². The molecule has 10 nitrogen and oxygen atoms in total. The van der Waals surface area contributed by atoms with Crippen LogP contribution in [-0.2, 0) is 19.1 Å². The van der Waals surface area contributed by atoms with Gasteiger partial charge in [-0.2, -0.15) is 0 Å². The topological polar surface area (TPSA) is 163 Å². The maximum Gasteiger partial charge on any atom is 0.407 e. The molecule has 0 spiro atoms. The summed E-state index contributed by atoms with van der Waals surface area (Å²) in [5.41, 5.74) is 10.3. The monoisotopic (exact) mass is 354 g/mol. The predicted molar refractivity (Wildman–Crippen MR) is 82.0 cm³/mol. The first-order valence-electron chi connectivity index (χ1n) is 5.83. The molecule has 4 amide bonds. The van der Waals surface area contributed by atoms with Crippen LogP contribution in [0, 0.1) is 0 Å². The van der Waals surface area contributed by atoms with Crippen molar-refractivity contribution in [1.29, 1.82) is 0 Å². The van der Waals surface area contributed by atoms with Crippen LogP contribution in [-0.4, -0.2) is 61.8 Å². The fraction of sp³-hybridized carbons (Fsp3) is 0.600. The van der Waals surface area contributed by atoms with Gasteiger partial charge in [0.2, 0.25) is 11.8 Å². The minimum Gasteiger partial charge on any atom is -0.453 e. The van der Waals surface area contributed by atoms with E-state index in [4.69, 9.17) is 11.5 Å². The van der Waals surface area contributed by atoms with Gasteiger partial charge in [0.1, 0.15) is 12.1 Å². The predicted octanol–water partition coefficient (Wildman–Crippen LogP) is -1.21. The second-order valence-corrected chi connectivity index (χ2v) is 6.30. The fourth-order valence-electron chi connectivity index (χ4n) is 1.02. The average molecular weight is 354 g/mol. The Morgan fingerprint density at radius 3 is 1.41 bits per heavy atom. The Bertz CT molecular complexity index is 384. The maximum absolute atomic E-state index is 11.2. The lowest BCUT2D eigenvalue weighted by atomic mass is 10.3. The molecule has 2 atom stereocenters. The highest BCUT2D eigenvalue weighted by Crippen LogP contribution is 2.23. The highest BCUT2D eigenvalue weighted by atomic mass is 33.1. The van der Waals surface area contributed by atoms with Crippen LogP contribution in [0.25, 0.3) is 0 Å². The molecule has 0 aromatic carbocycles. The van der Waals surface area contributed by atoms with E-state index in [9.17, 15) is 19.2 Å². The molecule has 0 aliphatic rings. The molecule has 0 aromatic heterocycles. The second kappa shape index (κ2) is 10.8. The molecule has 0 rings (SSSR count). The van der Waals surface area contributed by atoms with Gasteiger partial charge < -0.3 is 31.6 Å². The summed E-state index contributed by atoms with van der Waals surface area (Å²) in [7, 11) is 4.65. The van der Waals surface area contributed by atoms with Gasteiger partial charge >= 0.3 is 12.2 Å². The van der Waals surface area contributed by atoms with Crippen LogP contribution in [0.3, 0.4) is 0 Å². The number of methoxy groups -OCH3 is 2. The lowest BCUT2D eigenvalue weighted by Gasteiger charge is -2.16. The smallest absolute Gasteiger partial charge is 0.407 e. The normalized spacial score (nSPS) is 12.6. The number of hydrogen-bond donors (Lipinski definition) is 4. The molecule has 0 saturated carbocycles. The summed E-state index contributed by atoms with van der Waals surface area (Å²) >= 11 is 0. The van der Waals surface area contributed by atoms with Crippen molar-refractivity contribution in [3.8, 4) is 0 Å². The minimum absolute atomic E-state index is 0.152. The molecule has 0 saturated heterocycles. The Morgan fingerprint density at radius 1 is 0.864 bits per heavy atom. The third-order valence-corrected chi connectivity index (χ3v) is 4.62. The lowest BCUT2D eigenvalue weighted by Crippen LogP contribution is -2.46. The number of rotatable bonds is 9. The number of alkyl carbamates (subject to hydrolysis) is 2. The lowest BCUT2D eigenvalue weighted by molar-refractivity contribution is -0.120. The Kier molecular flexibility index (Phi) is 9.95. The molecule has 0 aliphatic heterocycles. The summed E-state index contributed by atoms with van der Waals surface area (Å²) in [6.07, 6.45) is -1.56. The Balaban J connectivity index is 4.24. The number of amides is 4. The van der Waals surface area contributed by atoms with Crippen LogP contribution >= 0.6 is 21.6 Å². The van der Waals surface area contributed by atoms with Crippen LogP contribution in [0.2, 0.25) is 0 Å². The Labute approximate surface area is 134 Å². The van der Waals surface area contributed by atoms with Gasteiger partial charge in [0.25, 0.3) is 0 Å². The maximum atomic E-state index is 11.2. The van der Waals surface area contributed by atoms with E-state index in [0.29, 0.717) is 0 Å². The van der Waals surface area contributed by atoms with E-state index < -0.39 is 36.1 Å². The molecule has 126 valence electrons. The third kappa shape index (κ3) is 8.46. The second-order valence-electron chi connectivity index (χ2n) is 3.75. The number of nitrogens with two attached hydrogens (primary N) is 2. The summed E-state index contributed by atoms with van der Waals surface area (Å²) in [4.78, 5) is 44.4. The van der Waals surface area contributed by atoms with Crippen molar-refractivity contribution >= 4 is 45.6 Å². The van der Waals surface area contributed by atoms with E-state index in [1.54, 1.807) is 0 Å². The van der Waals surface area contributed by atoms with Gasteiger partial charge in [0.15, 0.2) is 0 Å². The van der Waals surface area contributed by atoms with Crippen molar-refractivity contribution in [1.82, 2.24) is 10.6 Å². The van der Waals surface area contributed by atoms with Gasteiger partial charge in [-0.15, -0.1) is 0 Å². The van der Waals surface area contributed by atoms with Crippen molar-refractivity contribution < 1.29 is 28.7 Å².